The molecular weight excluding hydrogens is 462 g/mol. The molecule has 1 aliphatic carbocycles. The maximum atomic E-state index is 13.2. The molecule has 0 unspecified atom stereocenters. The Labute approximate surface area is 195 Å². The molecule has 12 heteroatoms. The van der Waals surface area contributed by atoms with E-state index in [2.05, 4.69) is 25.4 Å². The van der Waals surface area contributed by atoms with Crippen molar-refractivity contribution in [2.24, 2.45) is 0 Å². The molecule has 1 aliphatic rings. The van der Waals surface area contributed by atoms with E-state index in [9.17, 15) is 8.42 Å². The zero-order valence-corrected chi connectivity index (χ0v) is 19.5. The SMILES string of the molecule is COc1cc2c(NS(=O)(=O)c3c(OC)cccc3OC)noc2cc1Nc1cc(C2CC2)[nH]n1. The van der Waals surface area contributed by atoms with E-state index < -0.39 is 10.0 Å². The molecule has 2 aromatic carbocycles. The van der Waals surface area contributed by atoms with Crippen LogP contribution >= 0.6 is 0 Å². The number of hydrogen-bond donors (Lipinski definition) is 3. The number of benzene rings is 2. The minimum Gasteiger partial charge on any atom is -0.495 e. The van der Waals surface area contributed by atoms with Gasteiger partial charge in [-0.05, 0) is 31.0 Å². The van der Waals surface area contributed by atoms with Gasteiger partial charge in [-0.2, -0.15) is 5.10 Å². The molecule has 0 saturated heterocycles. The molecule has 0 atom stereocenters. The molecule has 2 aromatic heterocycles. The first-order valence-electron chi connectivity index (χ1n) is 10.5. The van der Waals surface area contributed by atoms with Crippen LogP contribution in [0.15, 0.2) is 45.8 Å². The minimum absolute atomic E-state index is 0.00333. The summed E-state index contributed by atoms with van der Waals surface area (Å²) in [6.45, 7) is 0. The lowest BCUT2D eigenvalue weighted by Gasteiger charge is -2.14. The minimum atomic E-state index is -4.13. The van der Waals surface area contributed by atoms with Gasteiger partial charge in [0.1, 0.15) is 17.2 Å². The number of methoxy groups -OCH3 is 3. The van der Waals surface area contributed by atoms with Crippen molar-refractivity contribution in [1.82, 2.24) is 15.4 Å². The summed E-state index contributed by atoms with van der Waals surface area (Å²) in [6.07, 6.45) is 2.32. The number of nitrogens with one attached hydrogen (secondary N) is 3. The lowest BCUT2D eigenvalue weighted by Crippen LogP contribution is -2.15. The van der Waals surface area contributed by atoms with E-state index in [0.29, 0.717) is 34.1 Å². The van der Waals surface area contributed by atoms with Crippen LogP contribution in [-0.2, 0) is 10.0 Å². The number of aromatic amines is 1. The molecule has 3 N–H and O–H groups in total. The van der Waals surface area contributed by atoms with Gasteiger partial charge >= 0.3 is 0 Å². The van der Waals surface area contributed by atoms with Crippen LogP contribution in [0.2, 0.25) is 0 Å². The lowest BCUT2D eigenvalue weighted by atomic mass is 10.2. The Hall–Kier alpha value is -3.93. The lowest BCUT2D eigenvalue weighted by molar-refractivity contribution is 0.373. The number of anilines is 3. The first kappa shape index (κ1) is 21.9. The molecule has 0 radical (unpaired) electrons. The summed E-state index contributed by atoms with van der Waals surface area (Å²) >= 11 is 0. The highest BCUT2D eigenvalue weighted by molar-refractivity contribution is 7.93. The van der Waals surface area contributed by atoms with E-state index in [1.54, 1.807) is 18.2 Å². The molecule has 178 valence electrons. The van der Waals surface area contributed by atoms with Crippen molar-refractivity contribution in [2.75, 3.05) is 31.4 Å². The molecule has 34 heavy (non-hydrogen) atoms. The van der Waals surface area contributed by atoms with Crippen molar-refractivity contribution in [2.45, 2.75) is 23.7 Å². The van der Waals surface area contributed by atoms with Crippen LogP contribution < -0.4 is 24.2 Å². The second-order valence-corrected chi connectivity index (χ2v) is 9.40. The van der Waals surface area contributed by atoms with E-state index in [1.165, 1.54) is 33.5 Å². The fourth-order valence-electron chi connectivity index (χ4n) is 3.71. The van der Waals surface area contributed by atoms with Gasteiger partial charge in [0, 0.05) is 23.7 Å². The maximum Gasteiger partial charge on any atom is 0.270 e. The van der Waals surface area contributed by atoms with Crippen LogP contribution in [0.4, 0.5) is 17.3 Å². The van der Waals surface area contributed by atoms with Crippen LogP contribution in [0.3, 0.4) is 0 Å². The smallest absolute Gasteiger partial charge is 0.270 e. The molecule has 0 bridgehead atoms. The summed E-state index contributed by atoms with van der Waals surface area (Å²) in [5.41, 5.74) is 2.04. The summed E-state index contributed by atoms with van der Waals surface area (Å²) in [5.74, 6) is 1.91. The third-order valence-corrected chi connectivity index (χ3v) is 6.95. The summed E-state index contributed by atoms with van der Waals surface area (Å²) in [5, 5.41) is 14.9. The number of rotatable bonds is 9. The molecule has 0 amide bonds. The predicted molar refractivity (Wildman–Crippen MR) is 125 cm³/mol. The van der Waals surface area contributed by atoms with E-state index in [-0.39, 0.29) is 22.2 Å². The van der Waals surface area contributed by atoms with Gasteiger partial charge in [-0.15, -0.1) is 0 Å². The molecule has 1 fully saturated rings. The van der Waals surface area contributed by atoms with Gasteiger partial charge in [0.15, 0.2) is 22.1 Å². The number of aromatic nitrogens is 3. The van der Waals surface area contributed by atoms with Crippen molar-refractivity contribution in [3.63, 3.8) is 0 Å². The number of fused-ring (bicyclic) bond motifs is 1. The average Bonchev–Trinajstić information content (AvgIpc) is 3.48. The molecular formula is C22H23N5O6S. The predicted octanol–water partition coefficient (Wildman–Crippen LogP) is 4.00. The van der Waals surface area contributed by atoms with E-state index in [0.717, 1.165) is 18.5 Å². The molecule has 0 aliphatic heterocycles. The van der Waals surface area contributed by atoms with Crippen molar-refractivity contribution in [3.8, 4) is 17.2 Å². The zero-order chi connectivity index (χ0) is 23.9. The summed E-state index contributed by atoms with van der Waals surface area (Å²) < 4.78 is 50.3. The maximum absolute atomic E-state index is 13.2. The monoisotopic (exact) mass is 485 g/mol. The van der Waals surface area contributed by atoms with Crippen LogP contribution in [0, 0.1) is 0 Å². The van der Waals surface area contributed by atoms with Gasteiger partial charge in [-0.25, -0.2) is 8.42 Å². The van der Waals surface area contributed by atoms with Gasteiger partial charge in [0.05, 0.1) is 32.4 Å². The normalized spacial score (nSPS) is 13.6. The van der Waals surface area contributed by atoms with Crippen LogP contribution in [0.25, 0.3) is 11.0 Å². The van der Waals surface area contributed by atoms with Crippen molar-refractivity contribution in [3.05, 3.63) is 42.1 Å². The highest BCUT2D eigenvalue weighted by atomic mass is 32.2. The molecule has 4 aromatic rings. The van der Waals surface area contributed by atoms with Crippen LogP contribution in [0.5, 0.6) is 17.2 Å². The molecule has 1 saturated carbocycles. The van der Waals surface area contributed by atoms with Crippen molar-refractivity contribution >= 4 is 38.3 Å². The average molecular weight is 486 g/mol. The largest absolute Gasteiger partial charge is 0.495 e. The highest BCUT2D eigenvalue weighted by Gasteiger charge is 2.28. The number of H-pyrrole nitrogens is 1. The van der Waals surface area contributed by atoms with Gasteiger partial charge in [-0.3, -0.25) is 9.82 Å². The second kappa shape index (κ2) is 8.45. The zero-order valence-electron chi connectivity index (χ0n) is 18.7. The number of sulfonamides is 1. The van der Waals surface area contributed by atoms with E-state index in [1.807, 2.05) is 6.07 Å². The van der Waals surface area contributed by atoms with E-state index in [4.69, 9.17) is 18.7 Å². The molecule has 5 rings (SSSR count). The Kier molecular flexibility index (Phi) is 5.44. The van der Waals surface area contributed by atoms with Gasteiger partial charge in [0.25, 0.3) is 10.0 Å². The van der Waals surface area contributed by atoms with Gasteiger partial charge in [-0.1, -0.05) is 11.2 Å². The van der Waals surface area contributed by atoms with Crippen LogP contribution in [0.1, 0.15) is 24.5 Å². The third-order valence-electron chi connectivity index (χ3n) is 5.55. The Balaban J connectivity index is 1.48. The second-order valence-electron chi connectivity index (χ2n) is 7.78. The molecule has 2 heterocycles. The Morgan fingerprint density at radius 2 is 1.74 bits per heavy atom. The standard InChI is InChI=1S/C22H23N5O6S/c1-30-16-5-4-6-17(31-2)21(16)34(28,29)27-22-13-9-19(32-3)15(10-18(13)33-26-22)23-20-11-14(24-25-20)12-7-8-12/h4-6,9-12H,7-8H2,1-3H3,(H,26,27)(H2,23,24,25). The first-order valence-corrected chi connectivity index (χ1v) is 12.0. The van der Waals surface area contributed by atoms with Gasteiger partial charge in [0.2, 0.25) is 0 Å². The summed E-state index contributed by atoms with van der Waals surface area (Å²) in [7, 11) is 0.148. The van der Waals surface area contributed by atoms with Crippen molar-refractivity contribution in [1.29, 1.82) is 0 Å². The van der Waals surface area contributed by atoms with Gasteiger partial charge < -0.3 is 24.1 Å². The topological polar surface area (TPSA) is 141 Å². The Morgan fingerprint density at radius 1 is 1.03 bits per heavy atom. The molecule has 0 spiro atoms. The Morgan fingerprint density at radius 3 is 2.38 bits per heavy atom. The fourth-order valence-corrected chi connectivity index (χ4v) is 5.04. The summed E-state index contributed by atoms with van der Waals surface area (Å²) in [6, 6.07) is 9.97. The first-order chi connectivity index (χ1) is 16.4. The number of hydrogen-bond acceptors (Lipinski definition) is 9. The number of ether oxygens (including phenoxy) is 3. The molecule has 11 nitrogen and oxygen atoms in total. The third kappa shape index (κ3) is 3.96. The van der Waals surface area contributed by atoms with Crippen LogP contribution in [-0.4, -0.2) is 45.1 Å². The highest BCUT2D eigenvalue weighted by Crippen LogP contribution is 2.41. The fraction of sp³-hybridized carbons (Fsp3) is 0.273. The van der Waals surface area contributed by atoms with E-state index >= 15 is 0 Å². The Bertz CT molecular complexity index is 1440. The quantitative estimate of drug-likeness (QED) is 0.321. The summed E-state index contributed by atoms with van der Waals surface area (Å²) in [4.78, 5) is -0.147. The van der Waals surface area contributed by atoms with Crippen molar-refractivity contribution < 1.29 is 27.2 Å². The number of nitrogens with zero attached hydrogens (tertiary/aromatic N) is 2.